The van der Waals surface area contributed by atoms with E-state index in [0.717, 1.165) is 0 Å². The minimum atomic E-state index is 0.562. The Kier molecular flexibility index (Phi) is 2.85. The molecule has 0 saturated carbocycles. The quantitative estimate of drug-likeness (QED) is 0.644. The summed E-state index contributed by atoms with van der Waals surface area (Å²) in [6, 6.07) is 14.7. The van der Waals surface area contributed by atoms with Crippen molar-refractivity contribution in [2.75, 3.05) is 5.88 Å². The SMILES string of the molecule is ClCC=Cc1ccc2ccccc2c1. The normalized spacial score (nSPS) is 11.2. The van der Waals surface area contributed by atoms with Crippen molar-refractivity contribution in [3.8, 4) is 0 Å². The average Bonchev–Trinajstić information content (AvgIpc) is 2.26. The van der Waals surface area contributed by atoms with Crippen LogP contribution in [0.3, 0.4) is 0 Å². The first kappa shape index (κ1) is 9.29. The van der Waals surface area contributed by atoms with Crippen molar-refractivity contribution in [2.24, 2.45) is 0 Å². The molecule has 0 atom stereocenters. The first-order chi connectivity index (χ1) is 6.90. The molecule has 0 nitrogen and oxygen atoms in total. The van der Waals surface area contributed by atoms with Crippen molar-refractivity contribution >= 4 is 28.4 Å². The zero-order valence-electron chi connectivity index (χ0n) is 7.78. The van der Waals surface area contributed by atoms with Crippen LogP contribution in [0.4, 0.5) is 0 Å². The molecule has 0 amide bonds. The summed E-state index contributed by atoms with van der Waals surface area (Å²) in [5.41, 5.74) is 1.20. The third kappa shape index (κ3) is 1.97. The van der Waals surface area contributed by atoms with E-state index >= 15 is 0 Å². The van der Waals surface area contributed by atoms with Crippen molar-refractivity contribution in [3.63, 3.8) is 0 Å². The van der Waals surface area contributed by atoms with Crippen molar-refractivity contribution in [1.82, 2.24) is 0 Å². The number of alkyl halides is 1. The van der Waals surface area contributed by atoms with Crippen LogP contribution in [-0.2, 0) is 0 Å². The van der Waals surface area contributed by atoms with Crippen LogP contribution in [-0.4, -0.2) is 5.88 Å². The Bertz CT molecular complexity index is 457. The van der Waals surface area contributed by atoms with Gasteiger partial charge in [-0.2, -0.15) is 0 Å². The Morgan fingerprint density at radius 3 is 2.57 bits per heavy atom. The number of hydrogen-bond acceptors (Lipinski definition) is 0. The van der Waals surface area contributed by atoms with Crippen molar-refractivity contribution in [1.29, 1.82) is 0 Å². The maximum atomic E-state index is 5.58. The monoisotopic (exact) mass is 202 g/mol. The minimum absolute atomic E-state index is 0.562. The van der Waals surface area contributed by atoms with Gasteiger partial charge in [0.25, 0.3) is 0 Å². The van der Waals surface area contributed by atoms with Crippen LogP contribution in [0.2, 0.25) is 0 Å². The zero-order valence-corrected chi connectivity index (χ0v) is 8.54. The summed E-state index contributed by atoms with van der Waals surface area (Å²) in [7, 11) is 0. The minimum Gasteiger partial charge on any atom is -0.122 e. The van der Waals surface area contributed by atoms with Crippen LogP contribution in [0.1, 0.15) is 5.56 Å². The maximum absolute atomic E-state index is 5.58. The van der Waals surface area contributed by atoms with Crippen LogP contribution >= 0.6 is 11.6 Å². The predicted octanol–water partition coefficient (Wildman–Crippen LogP) is 4.09. The fraction of sp³-hybridized carbons (Fsp3) is 0.0769. The van der Waals surface area contributed by atoms with Gasteiger partial charge in [0.1, 0.15) is 0 Å². The smallest absolute Gasteiger partial charge is 0.0407 e. The summed E-state index contributed by atoms with van der Waals surface area (Å²) >= 11 is 5.58. The van der Waals surface area contributed by atoms with E-state index < -0.39 is 0 Å². The first-order valence-corrected chi connectivity index (χ1v) is 5.15. The van der Waals surface area contributed by atoms with E-state index in [-0.39, 0.29) is 0 Å². The van der Waals surface area contributed by atoms with Gasteiger partial charge in [0.05, 0.1) is 0 Å². The highest BCUT2D eigenvalue weighted by Gasteiger charge is 1.91. The number of halogens is 1. The molecule has 0 aliphatic rings. The lowest BCUT2D eigenvalue weighted by Gasteiger charge is -1.98. The molecule has 1 heteroatoms. The largest absolute Gasteiger partial charge is 0.122 e. The highest BCUT2D eigenvalue weighted by molar-refractivity contribution is 6.19. The lowest BCUT2D eigenvalue weighted by Crippen LogP contribution is -1.75. The van der Waals surface area contributed by atoms with Crippen molar-refractivity contribution in [2.45, 2.75) is 0 Å². The van der Waals surface area contributed by atoms with Gasteiger partial charge in [-0.15, -0.1) is 11.6 Å². The summed E-state index contributed by atoms with van der Waals surface area (Å²) in [6.07, 6.45) is 3.99. The first-order valence-electron chi connectivity index (χ1n) is 4.61. The molecule has 0 aromatic heterocycles. The van der Waals surface area contributed by atoms with Crippen molar-refractivity contribution < 1.29 is 0 Å². The lowest BCUT2D eigenvalue weighted by molar-refractivity contribution is 1.69. The molecule has 0 aliphatic carbocycles. The molecule has 0 spiro atoms. The van der Waals surface area contributed by atoms with Crippen LogP contribution < -0.4 is 0 Å². The van der Waals surface area contributed by atoms with Gasteiger partial charge in [-0.25, -0.2) is 0 Å². The average molecular weight is 203 g/mol. The second-order valence-electron chi connectivity index (χ2n) is 3.16. The molecule has 0 unspecified atom stereocenters. The molecule has 0 N–H and O–H groups in total. The lowest BCUT2D eigenvalue weighted by atomic mass is 10.1. The summed E-state index contributed by atoms with van der Waals surface area (Å²) in [5.74, 6) is 0.562. The topological polar surface area (TPSA) is 0 Å². The Labute approximate surface area is 88.8 Å². The Morgan fingerprint density at radius 2 is 1.79 bits per heavy atom. The van der Waals surface area contributed by atoms with Gasteiger partial charge < -0.3 is 0 Å². The van der Waals surface area contributed by atoms with E-state index in [1.54, 1.807) is 0 Å². The molecule has 2 rings (SSSR count). The fourth-order valence-electron chi connectivity index (χ4n) is 1.49. The van der Waals surface area contributed by atoms with E-state index in [1.165, 1.54) is 16.3 Å². The van der Waals surface area contributed by atoms with Crippen LogP contribution in [0.15, 0.2) is 48.5 Å². The molecule has 0 aliphatic heterocycles. The molecule has 0 bridgehead atoms. The maximum Gasteiger partial charge on any atom is 0.0407 e. The summed E-state index contributed by atoms with van der Waals surface area (Å²) in [4.78, 5) is 0. The predicted molar refractivity (Wildman–Crippen MR) is 63.7 cm³/mol. The van der Waals surface area contributed by atoms with Gasteiger partial charge in [-0.1, -0.05) is 48.6 Å². The molecular formula is C13H11Cl. The molecule has 0 fully saturated rings. The number of allylic oxidation sites excluding steroid dienone is 1. The summed E-state index contributed by atoms with van der Waals surface area (Å²) in [6.45, 7) is 0. The number of benzene rings is 2. The van der Waals surface area contributed by atoms with Gasteiger partial charge in [-0.3, -0.25) is 0 Å². The van der Waals surface area contributed by atoms with E-state index in [0.29, 0.717) is 5.88 Å². The van der Waals surface area contributed by atoms with Gasteiger partial charge in [0.15, 0.2) is 0 Å². The fourth-order valence-corrected chi connectivity index (χ4v) is 1.58. The molecule has 2 aromatic carbocycles. The highest BCUT2D eigenvalue weighted by atomic mass is 35.5. The van der Waals surface area contributed by atoms with Gasteiger partial charge in [0.2, 0.25) is 0 Å². The zero-order chi connectivity index (χ0) is 9.80. The molecular weight excluding hydrogens is 192 g/mol. The van der Waals surface area contributed by atoms with E-state index in [4.69, 9.17) is 11.6 Å². The Morgan fingerprint density at radius 1 is 1.00 bits per heavy atom. The van der Waals surface area contributed by atoms with E-state index in [9.17, 15) is 0 Å². The second kappa shape index (κ2) is 4.30. The molecule has 14 heavy (non-hydrogen) atoms. The van der Waals surface area contributed by atoms with E-state index in [1.807, 2.05) is 12.2 Å². The van der Waals surface area contributed by atoms with Crippen LogP contribution in [0.25, 0.3) is 16.8 Å². The van der Waals surface area contributed by atoms with Gasteiger partial charge >= 0.3 is 0 Å². The van der Waals surface area contributed by atoms with Gasteiger partial charge in [0, 0.05) is 5.88 Å². The summed E-state index contributed by atoms with van der Waals surface area (Å²) < 4.78 is 0. The molecule has 0 radical (unpaired) electrons. The third-order valence-electron chi connectivity index (χ3n) is 2.17. The van der Waals surface area contributed by atoms with E-state index in [2.05, 4.69) is 42.5 Å². The molecule has 0 saturated heterocycles. The third-order valence-corrected chi connectivity index (χ3v) is 2.35. The second-order valence-corrected chi connectivity index (χ2v) is 3.47. The summed E-state index contributed by atoms with van der Waals surface area (Å²) in [5, 5.41) is 2.54. The number of hydrogen-bond donors (Lipinski definition) is 0. The molecule has 2 aromatic rings. The highest BCUT2D eigenvalue weighted by Crippen LogP contribution is 2.16. The van der Waals surface area contributed by atoms with Crippen molar-refractivity contribution in [3.05, 3.63) is 54.1 Å². The van der Waals surface area contributed by atoms with Crippen LogP contribution in [0, 0.1) is 0 Å². The molecule has 0 heterocycles. The Hall–Kier alpha value is -1.27. The van der Waals surface area contributed by atoms with Gasteiger partial charge in [-0.05, 0) is 22.4 Å². The molecule has 70 valence electrons. The Balaban J connectivity index is 2.46. The van der Waals surface area contributed by atoms with Crippen LogP contribution in [0.5, 0.6) is 0 Å². The standard InChI is InChI=1S/C13H11Cl/c14-9-3-4-11-7-8-12-5-1-2-6-13(12)10-11/h1-8,10H,9H2. The number of fused-ring (bicyclic) bond motifs is 1. The number of rotatable bonds is 2.